The summed E-state index contributed by atoms with van der Waals surface area (Å²) in [5, 5.41) is 0.698. The molecule has 28 heavy (non-hydrogen) atoms. The molecule has 0 bridgehead atoms. The average Bonchev–Trinajstić information content (AvgIpc) is 3.06. The lowest BCUT2D eigenvalue weighted by Crippen LogP contribution is -2.13. The second kappa shape index (κ2) is 8.36. The lowest BCUT2D eigenvalue weighted by molar-refractivity contribution is 0.271. The maximum atomic E-state index is 6.03. The molecule has 0 aliphatic heterocycles. The zero-order valence-corrected chi connectivity index (χ0v) is 16.4. The number of halogens is 1. The summed E-state index contributed by atoms with van der Waals surface area (Å²) in [6.07, 6.45) is 0. The first-order valence-electron chi connectivity index (χ1n) is 9.21. The second-order valence-electron chi connectivity index (χ2n) is 6.52. The van der Waals surface area contributed by atoms with Gasteiger partial charge in [-0.25, -0.2) is 4.98 Å². The lowest BCUT2D eigenvalue weighted by Gasteiger charge is -2.12. The van der Waals surface area contributed by atoms with Crippen LogP contribution in [0.4, 0.5) is 0 Å². The summed E-state index contributed by atoms with van der Waals surface area (Å²) in [5.74, 6) is 2.55. The van der Waals surface area contributed by atoms with Crippen molar-refractivity contribution in [2.75, 3.05) is 6.61 Å². The van der Waals surface area contributed by atoms with Crippen LogP contribution in [-0.4, -0.2) is 16.2 Å². The van der Waals surface area contributed by atoms with Gasteiger partial charge in [0.25, 0.3) is 0 Å². The number of nitrogens with zero attached hydrogens (tertiary/aromatic N) is 2. The minimum atomic E-state index is 0.403. The molecule has 5 heteroatoms. The van der Waals surface area contributed by atoms with Crippen molar-refractivity contribution >= 4 is 22.6 Å². The van der Waals surface area contributed by atoms with E-state index in [0.717, 1.165) is 33.9 Å². The van der Waals surface area contributed by atoms with Gasteiger partial charge >= 0.3 is 0 Å². The third kappa shape index (κ3) is 4.12. The van der Waals surface area contributed by atoms with Crippen molar-refractivity contribution in [3.05, 3.63) is 89.2 Å². The quantitative estimate of drug-likeness (QED) is 0.407. The maximum Gasteiger partial charge on any atom is 0.148 e. The number of hydrogen-bond donors (Lipinski definition) is 0. The molecule has 1 aromatic heterocycles. The SMILES string of the molecule is Cc1ccccc1OCc1nc2ccccc2n1CCOc1ccc(Cl)cc1. The van der Waals surface area contributed by atoms with Crippen LogP contribution in [0.1, 0.15) is 11.4 Å². The van der Waals surface area contributed by atoms with E-state index < -0.39 is 0 Å². The van der Waals surface area contributed by atoms with Crippen LogP contribution in [0, 0.1) is 6.92 Å². The third-order valence-corrected chi connectivity index (χ3v) is 4.83. The van der Waals surface area contributed by atoms with Gasteiger partial charge in [-0.3, -0.25) is 0 Å². The fourth-order valence-corrected chi connectivity index (χ4v) is 3.26. The molecule has 0 saturated heterocycles. The van der Waals surface area contributed by atoms with Crippen LogP contribution in [0.15, 0.2) is 72.8 Å². The summed E-state index contributed by atoms with van der Waals surface area (Å²) >= 11 is 5.93. The Morgan fingerprint density at radius 1 is 0.893 bits per heavy atom. The zero-order chi connectivity index (χ0) is 19.3. The standard InChI is InChI=1S/C23H21ClN2O2/c1-17-6-2-5-9-22(17)28-16-23-25-20-7-3-4-8-21(20)26(23)14-15-27-19-12-10-18(24)11-13-19/h2-13H,14-16H2,1H3. The monoisotopic (exact) mass is 392 g/mol. The highest BCUT2D eigenvalue weighted by atomic mass is 35.5. The van der Waals surface area contributed by atoms with Crippen LogP contribution >= 0.6 is 11.6 Å². The van der Waals surface area contributed by atoms with Crippen molar-refractivity contribution in [1.82, 2.24) is 9.55 Å². The summed E-state index contributed by atoms with van der Waals surface area (Å²) in [6, 6.07) is 23.5. The first-order chi connectivity index (χ1) is 13.7. The van der Waals surface area contributed by atoms with Crippen molar-refractivity contribution in [3.63, 3.8) is 0 Å². The normalized spacial score (nSPS) is 10.9. The van der Waals surface area contributed by atoms with Crippen molar-refractivity contribution in [3.8, 4) is 11.5 Å². The summed E-state index contributed by atoms with van der Waals surface area (Å²) in [4.78, 5) is 4.76. The molecule has 1 heterocycles. The molecule has 0 aliphatic carbocycles. The predicted molar refractivity (Wildman–Crippen MR) is 112 cm³/mol. The van der Waals surface area contributed by atoms with Crippen LogP contribution in [0.2, 0.25) is 5.02 Å². The van der Waals surface area contributed by atoms with E-state index in [1.165, 1.54) is 0 Å². The molecule has 0 spiro atoms. The number of aryl methyl sites for hydroxylation is 1. The molecular formula is C23H21ClN2O2. The number of rotatable bonds is 7. The van der Waals surface area contributed by atoms with Gasteiger partial charge in [0.15, 0.2) is 0 Å². The van der Waals surface area contributed by atoms with Gasteiger partial charge in [-0.2, -0.15) is 0 Å². The minimum absolute atomic E-state index is 0.403. The van der Waals surface area contributed by atoms with Gasteiger partial charge < -0.3 is 14.0 Å². The summed E-state index contributed by atoms with van der Waals surface area (Å²) in [7, 11) is 0. The van der Waals surface area contributed by atoms with Gasteiger partial charge in [0.05, 0.1) is 17.6 Å². The van der Waals surface area contributed by atoms with E-state index in [9.17, 15) is 0 Å². The number of para-hydroxylation sites is 3. The topological polar surface area (TPSA) is 36.3 Å². The number of benzene rings is 3. The highest BCUT2D eigenvalue weighted by Gasteiger charge is 2.12. The summed E-state index contributed by atoms with van der Waals surface area (Å²) < 4.78 is 14.1. The molecule has 0 N–H and O–H groups in total. The fraction of sp³-hybridized carbons (Fsp3) is 0.174. The first-order valence-corrected chi connectivity index (χ1v) is 9.59. The van der Waals surface area contributed by atoms with Crippen LogP contribution in [0.25, 0.3) is 11.0 Å². The van der Waals surface area contributed by atoms with E-state index >= 15 is 0 Å². The molecule has 0 aliphatic rings. The van der Waals surface area contributed by atoms with E-state index in [2.05, 4.69) is 10.6 Å². The zero-order valence-electron chi connectivity index (χ0n) is 15.6. The third-order valence-electron chi connectivity index (χ3n) is 4.58. The molecule has 4 rings (SSSR count). The Morgan fingerprint density at radius 2 is 1.64 bits per heavy atom. The van der Waals surface area contributed by atoms with Crippen molar-refractivity contribution in [2.24, 2.45) is 0 Å². The van der Waals surface area contributed by atoms with Crippen molar-refractivity contribution < 1.29 is 9.47 Å². The van der Waals surface area contributed by atoms with Gasteiger partial charge in [0, 0.05) is 5.02 Å². The Balaban J connectivity index is 1.51. The molecular weight excluding hydrogens is 372 g/mol. The highest BCUT2D eigenvalue weighted by molar-refractivity contribution is 6.30. The van der Waals surface area contributed by atoms with E-state index in [4.69, 9.17) is 26.1 Å². The molecule has 0 radical (unpaired) electrons. The molecule has 142 valence electrons. The van der Waals surface area contributed by atoms with Gasteiger partial charge in [0.1, 0.15) is 30.5 Å². The van der Waals surface area contributed by atoms with Crippen LogP contribution < -0.4 is 9.47 Å². The van der Waals surface area contributed by atoms with Crippen LogP contribution in [0.3, 0.4) is 0 Å². The Hall–Kier alpha value is -2.98. The molecule has 3 aromatic carbocycles. The van der Waals surface area contributed by atoms with Gasteiger partial charge in [0.2, 0.25) is 0 Å². The van der Waals surface area contributed by atoms with Gasteiger partial charge in [-0.05, 0) is 55.0 Å². The Kier molecular flexibility index (Phi) is 5.49. The number of aromatic nitrogens is 2. The largest absolute Gasteiger partial charge is 0.492 e. The second-order valence-corrected chi connectivity index (χ2v) is 6.96. The van der Waals surface area contributed by atoms with E-state index in [0.29, 0.717) is 24.8 Å². The van der Waals surface area contributed by atoms with Crippen LogP contribution in [0.5, 0.6) is 11.5 Å². The smallest absolute Gasteiger partial charge is 0.148 e. The molecule has 0 saturated carbocycles. The number of hydrogen-bond acceptors (Lipinski definition) is 3. The van der Waals surface area contributed by atoms with Crippen molar-refractivity contribution in [2.45, 2.75) is 20.1 Å². The summed E-state index contributed by atoms with van der Waals surface area (Å²) in [6.45, 7) is 3.65. The molecule has 0 amide bonds. The van der Waals surface area contributed by atoms with Gasteiger partial charge in [-0.15, -0.1) is 0 Å². The minimum Gasteiger partial charge on any atom is -0.492 e. The maximum absolute atomic E-state index is 6.03. The molecule has 4 nitrogen and oxygen atoms in total. The lowest BCUT2D eigenvalue weighted by atomic mass is 10.2. The average molecular weight is 393 g/mol. The first kappa shape index (κ1) is 18.4. The number of imidazole rings is 1. The Morgan fingerprint density at radius 3 is 2.46 bits per heavy atom. The summed E-state index contributed by atoms with van der Waals surface area (Å²) in [5.41, 5.74) is 3.14. The van der Waals surface area contributed by atoms with Crippen molar-refractivity contribution in [1.29, 1.82) is 0 Å². The molecule has 0 unspecified atom stereocenters. The fourth-order valence-electron chi connectivity index (χ4n) is 3.13. The number of fused-ring (bicyclic) bond motifs is 1. The Bertz CT molecular complexity index is 1070. The molecule has 0 fully saturated rings. The number of ether oxygens (including phenoxy) is 2. The molecule has 4 aromatic rings. The van der Waals surface area contributed by atoms with E-state index in [1.807, 2.05) is 73.7 Å². The predicted octanol–water partition coefficient (Wildman–Crippen LogP) is 5.66. The van der Waals surface area contributed by atoms with E-state index in [-0.39, 0.29) is 0 Å². The highest BCUT2D eigenvalue weighted by Crippen LogP contribution is 2.21. The molecule has 0 atom stereocenters. The van der Waals surface area contributed by atoms with E-state index in [1.54, 1.807) is 0 Å². The Labute approximate surface area is 169 Å². The van der Waals surface area contributed by atoms with Crippen LogP contribution in [-0.2, 0) is 13.2 Å². The van der Waals surface area contributed by atoms with Gasteiger partial charge in [-0.1, -0.05) is 41.9 Å².